The number of para-hydroxylation sites is 1. The lowest BCUT2D eigenvalue weighted by molar-refractivity contribution is 0.132. The van der Waals surface area contributed by atoms with Gasteiger partial charge in [0.1, 0.15) is 0 Å². The van der Waals surface area contributed by atoms with E-state index in [4.69, 9.17) is 4.74 Å². The Morgan fingerprint density at radius 1 is 1.32 bits per heavy atom. The van der Waals surface area contributed by atoms with Crippen LogP contribution in [0.2, 0.25) is 0 Å². The van der Waals surface area contributed by atoms with Crippen LogP contribution in [0.1, 0.15) is 24.5 Å². The molecule has 0 radical (unpaired) electrons. The maximum atomic E-state index is 11.9. The summed E-state index contributed by atoms with van der Waals surface area (Å²) < 4.78 is 31.2. The van der Waals surface area contributed by atoms with Crippen molar-refractivity contribution in [2.45, 2.75) is 32.0 Å². The highest BCUT2D eigenvalue weighted by molar-refractivity contribution is 7.91. The maximum Gasteiger partial charge on any atom is 0.152 e. The molecule has 1 aromatic carbocycles. The fraction of sp³-hybridized carbons (Fsp3) is 0.500. The van der Waals surface area contributed by atoms with Gasteiger partial charge in [-0.15, -0.1) is 0 Å². The average Bonchev–Trinajstić information content (AvgIpc) is 3.09. The molecule has 0 spiro atoms. The molecule has 3 heterocycles. The number of sulfone groups is 1. The summed E-state index contributed by atoms with van der Waals surface area (Å²) in [6.45, 7) is 4.88. The third-order valence-electron chi connectivity index (χ3n) is 5.14. The van der Waals surface area contributed by atoms with Gasteiger partial charge in [0.25, 0.3) is 0 Å². The molecular formula is C18H23N3O3S. The lowest BCUT2D eigenvalue weighted by Crippen LogP contribution is -2.31. The molecule has 0 bridgehead atoms. The van der Waals surface area contributed by atoms with Crippen molar-refractivity contribution in [2.75, 3.05) is 29.6 Å². The standard InChI is InChI=1S/C18H23N3O3S/c1-18(6-9-25(22,23)14-18)21-12-15(10-19-21)11-20-7-8-24-13-16-4-2-3-5-17(16)20/h2-5,10,12H,6-9,11,13-14H2,1H3/t18-/m0/s1. The first-order valence-electron chi connectivity index (χ1n) is 8.60. The molecule has 0 amide bonds. The smallest absolute Gasteiger partial charge is 0.152 e. The zero-order chi connectivity index (χ0) is 17.5. The Morgan fingerprint density at radius 2 is 2.16 bits per heavy atom. The first-order chi connectivity index (χ1) is 12.0. The number of hydrogen-bond acceptors (Lipinski definition) is 5. The van der Waals surface area contributed by atoms with Crippen LogP contribution in [0.4, 0.5) is 5.69 Å². The van der Waals surface area contributed by atoms with E-state index in [0.29, 0.717) is 19.6 Å². The van der Waals surface area contributed by atoms with E-state index in [1.54, 1.807) is 0 Å². The molecule has 25 heavy (non-hydrogen) atoms. The Kier molecular flexibility index (Phi) is 4.08. The normalized spacial score (nSPS) is 25.6. The van der Waals surface area contributed by atoms with Gasteiger partial charge in [0.2, 0.25) is 0 Å². The van der Waals surface area contributed by atoms with Crippen molar-refractivity contribution in [3.63, 3.8) is 0 Å². The average molecular weight is 361 g/mol. The Hall–Kier alpha value is -1.86. The van der Waals surface area contributed by atoms with Gasteiger partial charge in [0.15, 0.2) is 9.84 Å². The third-order valence-corrected chi connectivity index (χ3v) is 7.03. The molecule has 1 fully saturated rings. The van der Waals surface area contributed by atoms with Gasteiger partial charge in [-0.05, 0) is 19.4 Å². The number of fused-ring (bicyclic) bond motifs is 1. The van der Waals surface area contributed by atoms with Gasteiger partial charge >= 0.3 is 0 Å². The zero-order valence-electron chi connectivity index (χ0n) is 14.4. The first-order valence-corrected chi connectivity index (χ1v) is 10.4. The van der Waals surface area contributed by atoms with Crippen LogP contribution in [-0.4, -0.2) is 42.9 Å². The van der Waals surface area contributed by atoms with Crippen molar-refractivity contribution in [1.82, 2.24) is 9.78 Å². The van der Waals surface area contributed by atoms with Crippen LogP contribution < -0.4 is 4.90 Å². The van der Waals surface area contributed by atoms with Gasteiger partial charge in [-0.25, -0.2) is 8.42 Å². The molecule has 1 aromatic heterocycles. The molecule has 7 heteroatoms. The maximum absolute atomic E-state index is 11.9. The van der Waals surface area contributed by atoms with Gasteiger partial charge in [-0.2, -0.15) is 5.10 Å². The number of benzene rings is 1. The molecule has 4 rings (SSSR count). The number of aromatic nitrogens is 2. The molecule has 0 N–H and O–H groups in total. The summed E-state index contributed by atoms with van der Waals surface area (Å²) >= 11 is 0. The van der Waals surface area contributed by atoms with Gasteiger partial charge < -0.3 is 9.64 Å². The topological polar surface area (TPSA) is 64.4 Å². The molecule has 134 valence electrons. The molecule has 2 aliphatic heterocycles. The van der Waals surface area contributed by atoms with Crippen molar-refractivity contribution in [3.8, 4) is 0 Å². The highest BCUT2D eigenvalue weighted by Gasteiger charge is 2.40. The third kappa shape index (κ3) is 3.30. The lowest BCUT2D eigenvalue weighted by atomic mass is 10.0. The van der Waals surface area contributed by atoms with E-state index in [-0.39, 0.29) is 11.5 Å². The van der Waals surface area contributed by atoms with E-state index in [0.717, 1.165) is 18.7 Å². The van der Waals surface area contributed by atoms with Gasteiger partial charge in [-0.1, -0.05) is 18.2 Å². The van der Waals surface area contributed by atoms with Gasteiger partial charge in [0.05, 0.1) is 36.5 Å². The van der Waals surface area contributed by atoms with E-state index in [1.807, 2.05) is 36.1 Å². The van der Waals surface area contributed by atoms with Crippen molar-refractivity contribution in [3.05, 3.63) is 47.8 Å². The second-order valence-electron chi connectivity index (χ2n) is 7.23. The summed E-state index contributed by atoms with van der Waals surface area (Å²) in [5.41, 5.74) is 3.04. The van der Waals surface area contributed by atoms with E-state index in [1.165, 1.54) is 11.3 Å². The van der Waals surface area contributed by atoms with Crippen LogP contribution in [0.25, 0.3) is 0 Å². The van der Waals surface area contributed by atoms with E-state index < -0.39 is 15.4 Å². The second-order valence-corrected chi connectivity index (χ2v) is 9.42. The van der Waals surface area contributed by atoms with Crippen LogP contribution in [0, 0.1) is 0 Å². The minimum Gasteiger partial charge on any atom is -0.375 e. The Bertz CT molecular complexity index is 877. The zero-order valence-corrected chi connectivity index (χ0v) is 15.2. The Balaban J connectivity index is 1.56. The van der Waals surface area contributed by atoms with E-state index in [2.05, 4.69) is 22.1 Å². The van der Waals surface area contributed by atoms with Crippen molar-refractivity contribution in [2.24, 2.45) is 0 Å². The minimum absolute atomic E-state index is 0.168. The fourth-order valence-corrected chi connectivity index (χ4v) is 5.83. The highest BCUT2D eigenvalue weighted by Crippen LogP contribution is 2.31. The second kappa shape index (κ2) is 6.14. The summed E-state index contributed by atoms with van der Waals surface area (Å²) in [6.07, 6.45) is 4.47. The van der Waals surface area contributed by atoms with Crippen LogP contribution in [-0.2, 0) is 33.3 Å². The molecule has 0 aliphatic carbocycles. The molecule has 0 unspecified atom stereocenters. The van der Waals surface area contributed by atoms with Crippen LogP contribution in [0.5, 0.6) is 0 Å². The summed E-state index contributed by atoms with van der Waals surface area (Å²) in [7, 11) is -2.95. The van der Waals surface area contributed by atoms with E-state index >= 15 is 0 Å². The number of rotatable bonds is 3. The monoisotopic (exact) mass is 361 g/mol. The Morgan fingerprint density at radius 3 is 2.96 bits per heavy atom. The Labute approximate surface area is 148 Å². The summed E-state index contributed by atoms with van der Waals surface area (Å²) in [5, 5.41) is 4.47. The molecule has 1 saturated heterocycles. The van der Waals surface area contributed by atoms with Crippen LogP contribution >= 0.6 is 0 Å². The van der Waals surface area contributed by atoms with Crippen molar-refractivity contribution in [1.29, 1.82) is 0 Å². The van der Waals surface area contributed by atoms with Gasteiger partial charge in [0, 0.05) is 36.1 Å². The highest BCUT2D eigenvalue weighted by atomic mass is 32.2. The number of nitrogens with zero attached hydrogens (tertiary/aromatic N) is 3. The largest absolute Gasteiger partial charge is 0.375 e. The minimum atomic E-state index is -2.95. The molecule has 1 atom stereocenters. The van der Waals surface area contributed by atoms with Crippen molar-refractivity contribution < 1.29 is 13.2 Å². The van der Waals surface area contributed by atoms with Gasteiger partial charge in [-0.3, -0.25) is 4.68 Å². The summed E-state index contributed by atoms with van der Waals surface area (Å²) in [4.78, 5) is 2.30. The van der Waals surface area contributed by atoms with E-state index in [9.17, 15) is 8.42 Å². The quantitative estimate of drug-likeness (QED) is 0.836. The molecule has 2 aromatic rings. The van der Waals surface area contributed by atoms with Crippen LogP contribution in [0.3, 0.4) is 0 Å². The fourth-order valence-electron chi connectivity index (χ4n) is 3.71. The lowest BCUT2D eigenvalue weighted by Gasteiger charge is -2.24. The molecule has 6 nitrogen and oxygen atoms in total. The predicted octanol–water partition coefficient (Wildman–Crippen LogP) is 1.95. The number of anilines is 1. The van der Waals surface area contributed by atoms with Crippen molar-refractivity contribution >= 4 is 15.5 Å². The number of ether oxygens (including phenoxy) is 1. The van der Waals surface area contributed by atoms with Crippen LogP contribution in [0.15, 0.2) is 36.7 Å². The summed E-state index contributed by atoms with van der Waals surface area (Å²) in [6, 6.07) is 8.30. The SMILES string of the molecule is C[C@]1(n2cc(CN3CCOCc4ccccc43)cn2)CCS(=O)(=O)C1. The molecular weight excluding hydrogens is 338 g/mol. The molecule has 2 aliphatic rings. The predicted molar refractivity (Wildman–Crippen MR) is 96.3 cm³/mol. The first kappa shape index (κ1) is 16.6. The summed E-state index contributed by atoms with van der Waals surface area (Å²) in [5.74, 6) is 0.414. The molecule has 0 saturated carbocycles. The number of hydrogen-bond donors (Lipinski definition) is 0.